The van der Waals surface area contributed by atoms with Crippen LogP contribution >= 0.6 is 23.2 Å². The third-order valence-corrected chi connectivity index (χ3v) is 5.90. The van der Waals surface area contributed by atoms with Gasteiger partial charge in [0.25, 0.3) is 0 Å². The molecule has 0 bridgehead atoms. The Balaban J connectivity index is 1.36. The van der Waals surface area contributed by atoms with Crippen molar-refractivity contribution in [3.63, 3.8) is 0 Å². The van der Waals surface area contributed by atoms with Gasteiger partial charge in [0.15, 0.2) is 0 Å². The molecule has 0 saturated heterocycles. The number of carbonyl (C=O) groups is 1. The molecule has 1 aliphatic rings. The van der Waals surface area contributed by atoms with Crippen LogP contribution in [0.25, 0.3) is 11.1 Å². The number of carbonyl (C=O) groups excluding carboxylic acids is 1. The molecule has 1 aliphatic carbocycles. The molecule has 0 unspecified atom stereocenters. The zero-order chi connectivity index (χ0) is 21.1. The van der Waals surface area contributed by atoms with Crippen LogP contribution in [0.4, 0.5) is 10.5 Å². The molecule has 3 aromatic rings. The minimum Gasteiger partial charge on any atom is -0.449 e. The lowest BCUT2D eigenvalue weighted by Crippen LogP contribution is -2.26. The first-order valence-electron chi connectivity index (χ1n) is 9.37. The second-order valence-corrected chi connectivity index (χ2v) is 7.57. The molecule has 4 nitrogen and oxygen atoms in total. The number of amides is 1. The van der Waals surface area contributed by atoms with E-state index in [4.69, 9.17) is 33.7 Å². The average molecular weight is 437 g/mol. The fraction of sp³-hybridized carbons (Fsp3) is 0.125. The van der Waals surface area contributed by atoms with Gasteiger partial charge in [-0.25, -0.2) is 4.79 Å². The summed E-state index contributed by atoms with van der Waals surface area (Å²) in [5.74, 6) is 5.72. The Morgan fingerprint density at radius 3 is 2.27 bits per heavy atom. The number of benzene rings is 3. The van der Waals surface area contributed by atoms with Crippen LogP contribution in [-0.4, -0.2) is 19.2 Å². The molecule has 0 spiro atoms. The van der Waals surface area contributed by atoms with Gasteiger partial charge in [0.2, 0.25) is 0 Å². The number of hydrogen-bond donors (Lipinski definition) is 2. The minimum absolute atomic E-state index is 0.0185. The van der Waals surface area contributed by atoms with Gasteiger partial charge in [-0.05, 0) is 34.4 Å². The number of halogens is 2. The van der Waals surface area contributed by atoms with E-state index >= 15 is 0 Å². The average Bonchev–Trinajstić information content (AvgIpc) is 3.09. The van der Waals surface area contributed by atoms with Gasteiger partial charge in [0, 0.05) is 11.5 Å². The molecule has 0 heterocycles. The highest BCUT2D eigenvalue weighted by atomic mass is 35.5. The molecule has 0 aromatic heterocycles. The van der Waals surface area contributed by atoms with E-state index in [1.54, 1.807) is 12.1 Å². The molecule has 0 radical (unpaired) electrons. The summed E-state index contributed by atoms with van der Waals surface area (Å²) >= 11 is 12.1. The number of nitrogen functional groups attached to an aromatic ring is 1. The van der Waals surface area contributed by atoms with Gasteiger partial charge in [-0.15, -0.1) is 0 Å². The van der Waals surface area contributed by atoms with E-state index in [1.165, 1.54) is 22.3 Å². The second kappa shape index (κ2) is 8.71. The summed E-state index contributed by atoms with van der Waals surface area (Å²) in [5, 5.41) is 3.20. The largest absolute Gasteiger partial charge is 0.449 e. The molecule has 30 heavy (non-hydrogen) atoms. The van der Waals surface area contributed by atoms with Crippen molar-refractivity contribution in [1.82, 2.24) is 5.32 Å². The van der Waals surface area contributed by atoms with Crippen LogP contribution in [0.1, 0.15) is 22.6 Å². The fourth-order valence-corrected chi connectivity index (χ4v) is 3.95. The predicted octanol–water partition coefficient (Wildman–Crippen LogP) is 5.47. The van der Waals surface area contributed by atoms with Crippen molar-refractivity contribution in [3.05, 3.63) is 87.4 Å². The number of hydrogen-bond acceptors (Lipinski definition) is 3. The predicted molar refractivity (Wildman–Crippen MR) is 121 cm³/mol. The lowest BCUT2D eigenvalue weighted by molar-refractivity contribution is 0.144. The van der Waals surface area contributed by atoms with Crippen LogP contribution in [0.2, 0.25) is 10.0 Å². The van der Waals surface area contributed by atoms with Crippen molar-refractivity contribution in [2.45, 2.75) is 5.92 Å². The number of fused-ring (bicyclic) bond motifs is 3. The number of nitrogens with one attached hydrogen (secondary N) is 1. The third-order valence-electron chi connectivity index (χ3n) is 5.00. The number of anilines is 1. The minimum atomic E-state index is -0.521. The van der Waals surface area contributed by atoms with Gasteiger partial charge in [0.1, 0.15) is 6.61 Å². The van der Waals surface area contributed by atoms with Crippen LogP contribution in [0.3, 0.4) is 0 Å². The fourth-order valence-electron chi connectivity index (χ4n) is 3.57. The highest BCUT2D eigenvalue weighted by molar-refractivity contribution is 6.44. The molecular formula is C24H18Cl2N2O2. The van der Waals surface area contributed by atoms with Gasteiger partial charge >= 0.3 is 6.09 Å². The number of rotatable bonds is 3. The SMILES string of the molecule is Nc1ccc(C#CCNC(=O)OCC2c3ccccc3-c3ccccc32)c(Cl)c1Cl. The smallest absolute Gasteiger partial charge is 0.407 e. The normalized spacial score (nSPS) is 11.8. The van der Waals surface area contributed by atoms with Crippen LogP contribution in [0.5, 0.6) is 0 Å². The van der Waals surface area contributed by atoms with Gasteiger partial charge in [-0.3, -0.25) is 0 Å². The quantitative estimate of drug-likeness (QED) is 0.422. The Bertz CT molecular complexity index is 1140. The van der Waals surface area contributed by atoms with Crippen LogP contribution in [0.15, 0.2) is 60.7 Å². The first kappa shape index (κ1) is 20.2. The van der Waals surface area contributed by atoms with Gasteiger partial charge in [-0.2, -0.15) is 0 Å². The molecule has 0 aliphatic heterocycles. The molecule has 3 aromatic carbocycles. The Morgan fingerprint density at radius 2 is 1.60 bits per heavy atom. The molecule has 3 N–H and O–H groups in total. The lowest BCUT2D eigenvalue weighted by atomic mass is 9.98. The van der Waals surface area contributed by atoms with E-state index in [1.807, 2.05) is 24.3 Å². The molecule has 6 heteroatoms. The van der Waals surface area contributed by atoms with Crippen molar-refractivity contribution in [2.75, 3.05) is 18.9 Å². The molecular weight excluding hydrogens is 419 g/mol. The first-order valence-corrected chi connectivity index (χ1v) is 10.1. The van der Waals surface area contributed by atoms with E-state index in [0.717, 1.165) is 0 Å². The summed E-state index contributed by atoms with van der Waals surface area (Å²) in [4.78, 5) is 12.1. The van der Waals surface area contributed by atoms with Crippen molar-refractivity contribution in [3.8, 4) is 23.0 Å². The summed E-state index contributed by atoms with van der Waals surface area (Å²) in [7, 11) is 0. The molecule has 4 rings (SSSR count). The van der Waals surface area contributed by atoms with Crippen LogP contribution in [-0.2, 0) is 4.74 Å². The van der Waals surface area contributed by atoms with Gasteiger partial charge < -0.3 is 15.8 Å². The van der Waals surface area contributed by atoms with Crippen molar-refractivity contribution >= 4 is 35.0 Å². The summed E-state index contributed by atoms with van der Waals surface area (Å²) in [6, 6.07) is 19.7. The van der Waals surface area contributed by atoms with Crippen molar-refractivity contribution < 1.29 is 9.53 Å². The highest BCUT2D eigenvalue weighted by Crippen LogP contribution is 2.44. The summed E-state index contributed by atoms with van der Waals surface area (Å²) in [5.41, 5.74) is 11.3. The highest BCUT2D eigenvalue weighted by Gasteiger charge is 2.28. The topological polar surface area (TPSA) is 64.3 Å². The van der Waals surface area contributed by atoms with E-state index in [0.29, 0.717) is 16.3 Å². The maximum Gasteiger partial charge on any atom is 0.407 e. The van der Waals surface area contributed by atoms with Crippen LogP contribution < -0.4 is 11.1 Å². The third kappa shape index (κ3) is 3.95. The molecule has 0 saturated carbocycles. The van der Waals surface area contributed by atoms with Gasteiger partial charge in [-0.1, -0.05) is 83.6 Å². The van der Waals surface area contributed by atoms with E-state index in [-0.39, 0.29) is 24.1 Å². The van der Waals surface area contributed by atoms with Gasteiger partial charge in [0.05, 0.1) is 22.3 Å². The van der Waals surface area contributed by atoms with E-state index < -0.39 is 6.09 Å². The summed E-state index contributed by atoms with van der Waals surface area (Å²) in [6.45, 7) is 0.377. The molecule has 0 fully saturated rings. The maximum absolute atomic E-state index is 12.1. The molecule has 0 atom stereocenters. The molecule has 1 amide bonds. The van der Waals surface area contributed by atoms with Crippen LogP contribution in [0, 0.1) is 11.8 Å². The Kier molecular flexibility index (Phi) is 5.85. The second-order valence-electron chi connectivity index (χ2n) is 6.81. The molecule has 150 valence electrons. The number of alkyl carbamates (subject to hydrolysis) is 1. The summed E-state index contributed by atoms with van der Waals surface area (Å²) < 4.78 is 5.47. The Morgan fingerprint density at radius 1 is 0.967 bits per heavy atom. The monoisotopic (exact) mass is 436 g/mol. The maximum atomic E-state index is 12.1. The van der Waals surface area contributed by atoms with Crippen molar-refractivity contribution in [2.24, 2.45) is 0 Å². The standard InChI is InChI=1S/C24H18Cl2N2O2/c25-22-15(11-12-21(27)23(22)26)6-5-13-28-24(29)30-14-20-18-9-3-1-7-16(18)17-8-2-4-10-19(17)20/h1-4,7-12,20H,13-14,27H2,(H,28,29). The number of ether oxygens (including phenoxy) is 1. The van der Waals surface area contributed by atoms with E-state index in [2.05, 4.69) is 41.4 Å². The summed E-state index contributed by atoms with van der Waals surface area (Å²) in [6.07, 6.45) is -0.521. The first-order chi connectivity index (χ1) is 14.6. The zero-order valence-electron chi connectivity index (χ0n) is 15.9. The Labute approximate surface area is 184 Å². The van der Waals surface area contributed by atoms with E-state index in [9.17, 15) is 4.79 Å². The Hall–Kier alpha value is -3.13. The zero-order valence-corrected chi connectivity index (χ0v) is 17.4. The number of nitrogens with two attached hydrogens (primary N) is 1. The van der Waals surface area contributed by atoms with Crippen molar-refractivity contribution in [1.29, 1.82) is 0 Å². The lowest BCUT2D eigenvalue weighted by Gasteiger charge is -2.14.